The molecule has 0 saturated carbocycles. The number of halogens is 1. The van der Waals surface area contributed by atoms with Crippen LogP contribution in [0.5, 0.6) is 0 Å². The zero-order valence-corrected chi connectivity index (χ0v) is 16.7. The molecule has 0 radical (unpaired) electrons. The highest BCUT2D eigenvalue weighted by Crippen LogP contribution is 2.21. The van der Waals surface area contributed by atoms with Gasteiger partial charge in [0.05, 0.1) is 5.69 Å². The molecule has 6 nitrogen and oxygen atoms in total. The van der Waals surface area contributed by atoms with Crippen LogP contribution in [-0.4, -0.2) is 30.4 Å². The van der Waals surface area contributed by atoms with Crippen LogP contribution < -0.4 is 10.6 Å². The minimum atomic E-state index is -0.853. The van der Waals surface area contributed by atoms with Gasteiger partial charge in [0.15, 0.2) is 6.61 Å². The van der Waals surface area contributed by atoms with Crippen LogP contribution >= 0.6 is 15.9 Å². The Labute approximate surface area is 166 Å². The van der Waals surface area contributed by atoms with Crippen molar-refractivity contribution in [1.29, 1.82) is 0 Å². The lowest BCUT2D eigenvalue weighted by Crippen LogP contribution is -2.45. The van der Waals surface area contributed by atoms with Gasteiger partial charge in [-0.25, -0.2) is 4.79 Å². The Morgan fingerprint density at radius 3 is 2.26 bits per heavy atom. The van der Waals surface area contributed by atoms with Crippen LogP contribution in [-0.2, 0) is 14.3 Å². The zero-order chi connectivity index (χ0) is 19.8. The zero-order valence-electron chi connectivity index (χ0n) is 15.1. The van der Waals surface area contributed by atoms with Gasteiger partial charge in [0.1, 0.15) is 6.04 Å². The molecule has 7 heteroatoms. The molecule has 0 saturated heterocycles. The van der Waals surface area contributed by atoms with E-state index < -0.39 is 24.5 Å². The van der Waals surface area contributed by atoms with E-state index in [9.17, 15) is 14.4 Å². The van der Waals surface area contributed by atoms with Gasteiger partial charge in [0.2, 0.25) is 0 Å². The Bertz CT molecular complexity index is 809. The van der Waals surface area contributed by atoms with Crippen molar-refractivity contribution in [2.45, 2.75) is 19.9 Å². The number of carbonyl (C=O) groups is 3. The number of esters is 1. The number of amides is 2. The van der Waals surface area contributed by atoms with E-state index in [1.807, 2.05) is 6.07 Å². The Morgan fingerprint density at radius 1 is 1.00 bits per heavy atom. The van der Waals surface area contributed by atoms with Crippen LogP contribution in [0.3, 0.4) is 0 Å². The van der Waals surface area contributed by atoms with Gasteiger partial charge in [-0.05, 0) is 46.1 Å². The van der Waals surface area contributed by atoms with Crippen LogP contribution in [0, 0.1) is 5.92 Å². The highest BCUT2D eigenvalue weighted by Gasteiger charge is 2.26. The first kappa shape index (κ1) is 20.6. The fourth-order valence-corrected chi connectivity index (χ4v) is 2.67. The Hall–Kier alpha value is -2.67. The largest absolute Gasteiger partial charge is 0.454 e. The summed E-state index contributed by atoms with van der Waals surface area (Å²) in [6, 6.07) is 14.8. The summed E-state index contributed by atoms with van der Waals surface area (Å²) in [7, 11) is 0. The van der Waals surface area contributed by atoms with Gasteiger partial charge in [-0.3, -0.25) is 9.59 Å². The molecule has 0 unspecified atom stereocenters. The van der Waals surface area contributed by atoms with E-state index in [1.54, 1.807) is 62.4 Å². The molecule has 0 bridgehead atoms. The molecule has 142 valence electrons. The first-order valence-electron chi connectivity index (χ1n) is 8.45. The van der Waals surface area contributed by atoms with Crippen molar-refractivity contribution in [3.8, 4) is 0 Å². The van der Waals surface area contributed by atoms with Crippen LogP contribution in [0.2, 0.25) is 0 Å². The summed E-state index contributed by atoms with van der Waals surface area (Å²) >= 11 is 3.33. The SMILES string of the molecule is CC(C)[C@H](NC(=O)c1ccccc1)C(=O)OCC(=O)Nc1ccccc1Br. The van der Waals surface area contributed by atoms with Crippen molar-refractivity contribution < 1.29 is 19.1 Å². The fraction of sp³-hybridized carbons (Fsp3) is 0.250. The number of carbonyl (C=O) groups excluding carboxylic acids is 3. The number of benzene rings is 2. The number of anilines is 1. The van der Waals surface area contributed by atoms with E-state index in [0.717, 1.165) is 4.47 Å². The highest BCUT2D eigenvalue weighted by atomic mass is 79.9. The van der Waals surface area contributed by atoms with E-state index in [1.165, 1.54) is 0 Å². The summed E-state index contributed by atoms with van der Waals surface area (Å²) in [6.07, 6.45) is 0. The second kappa shape index (κ2) is 9.87. The van der Waals surface area contributed by atoms with Crippen molar-refractivity contribution in [2.24, 2.45) is 5.92 Å². The Kier molecular flexibility index (Phi) is 7.55. The van der Waals surface area contributed by atoms with Crippen LogP contribution in [0.25, 0.3) is 0 Å². The molecule has 2 aromatic carbocycles. The second-order valence-electron chi connectivity index (χ2n) is 6.20. The first-order valence-corrected chi connectivity index (χ1v) is 9.24. The minimum Gasteiger partial charge on any atom is -0.454 e. The maximum atomic E-state index is 12.3. The molecular formula is C20H21BrN2O4. The summed E-state index contributed by atoms with van der Waals surface area (Å²) in [5, 5.41) is 5.31. The molecule has 2 N–H and O–H groups in total. The monoisotopic (exact) mass is 432 g/mol. The van der Waals surface area contributed by atoms with Gasteiger partial charge in [-0.15, -0.1) is 0 Å². The van der Waals surface area contributed by atoms with Gasteiger partial charge in [-0.1, -0.05) is 44.2 Å². The van der Waals surface area contributed by atoms with Crippen molar-refractivity contribution in [3.63, 3.8) is 0 Å². The predicted molar refractivity (Wildman–Crippen MR) is 106 cm³/mol. The third-order valence-corrected chi connectivity index (χ3v) is 4.43. The Morgan fingerprint density at radius 2 is 1.63 bits per heavy atom. The predicted octanol–water partition coefficient (Wildman–Crippen LogP) is 3.39. The van der Waals surface area contributed by atoms with Crippen molar-refractivity contribution in [3.05, 3.63) is 64.6 Å². The summed E-state index contributed by atoms with van der Waals surface area (Å²) in [6.45, 7) is 3.14. The number of rotatable bonds is 7. The lowest BCUT2D eigenvalue weighted by atomic mass is 10.0. The number of hydrogen-bond acceptors (Lipinski definition) is 4. The third-order valence-electron chi connectivity index (χ3n) is 3.74. The summed E-state index contributed by atoms with van der Waals surface area (Å²) in [5.41, 5.74) is 1.03. The third kappa shape index (κ3) is 6.21. The summed E-state index contributed by atoms with van der Waals surface area (Å²) < 4.78 is 5.82. The molecule has 0 spiro atoms. The average molecular weight is 433 g/mol. The Balaban J connectivity index is 1.92. The van der Waals surface area contributed by atoms with Gasteiger partial charge >= 0.3 is 5.97 Å². The normalized spacial score (nSPS) is 11.6. The number of para-hydroxylation sites is 1. The van der Waals surface area contributed by atoms with Gasteiger partial charge in [0, 0.05) is 10.0 Å². The molecule has 0 aliphatic heterocycles. The molecule has 0 fully saturated rings. The molecule has 2 amide bonds. The van der Waals surface area contributed by atoms with Crippen molar-refractivity contribution >= 4 is 39.4 Å². The summed E-state index contributed by atoms with van der Waals surface area (Å²) in [4.78, 5) is 36.6. The molecule has 27 heavy (non-hydrogen) atoms. The quantitative estimate of drug-likeness (QED) is 0.656. The summed E-state index contributed by atoms with van der Waals surface area (Å²) in [5.74, 6) is -1.69. The van der Waals surface area contributed by atoms with E-state index in [4.69, 9.17) is 4.74 Å². The molecular weight excluding hydrogens is 412 g/mol. The van der Waals surface area contributed by atoms with Crippen LogP contribution in [0.15, 0.2) is 59.1 Å². The van der Waals surface area contributed by atoms with E-state index in [2.05, 4.69) is 26.6 Å². The second-order valence-corrected chi connectivity index (χ2v) is 7.05. The van der Waals surface area contributed by atoms with E-state index in [-0.39, 0.29) is 11.8 Å². The minimum absolute atomic E-state index is 0.198. The van der Waals surface area contributed by atoms with Gasteiger partial charge in [-0.2, -0.15) is 0 Å². The number of hydrogen-bond donors (Lipinski definition) is 2. The van der Waals surface area contributed by atoms with Crippen LogP contribution in [0.4, 0.5) is 5.69 Å². The maximum absolute atomic E-state index is 12.3. The highest BCUT2D eigenvalue weighted by molar-refractivity contribution is 9.10. The standard InChI is InChI=1S/C20H21BrN2O4/c1-13(2)18(23-19(25)14-8-4-3-5-9-14)20(26)27-12-17(24)22-16-11-7-6-10-15(16)21/h3-11,13,18H,12H2,1-2H3,(H,22,24)(H,23,25)/t18-/m0/s1. The number of nitrogens with one attached hydrogen (secondary N) is 2. The molecule has 0 aliphatic rings. The van der Waals surface area contributed by atoms with Crippen molar-refractivity contribution in [2.75, 3.05) is 11.9 Å². The maximum Gasteiger partial charge on any atom is 0.329 e. The molecule has 1 atom stereocenters. The van der Waals surface area contributed by atoms with Crippen molar-refractivity contribution in [1.82, 2.24) is 5.32 Å². The van der Waals surface area contributed by atoms with Gasteiger partial charge in [0.25, 0.3) is 11.8 Å². The average Bonchev–Trinajstić information content (AvgIpc) is 2.66. The smallest absolute Gasteiger partial charge is 0.329 e. The van der Waals surface area contributed by atoms with Gasteiger partial charge < -0.3 is 15.4 Å². The van der Waals surface area contributed by atoms with E-state index >= 15 is 0 Å². The molecule has 2 rings (SSSR count). The lowest BCUT2D eigenvalue weighted by molar-refractivity contribution is -0.150. The fourth-order valence-electron chi connectivity index (χ4n) is 2.29. The molecule has 2 aromatic rings. The van der Waals surface area contributed by atoms with E-state index in [0.29, 0.717) is 11.3 Å². The number of ether oxygens (including phenoxy) is 1. The lowest BCUT2D eigenvalue weighted by Gasteiger charge is -2.20. The van der Waals surface area contributed by atoms with Crippen LogP contribution in [0.1, 0.15) is 24.2 Å². The first-order chi connectivity index (χ1) is 12.9. The molecule has 0 aliphatic carbocycles. The molecule has 0 heterocycles. The molecule has 0 aromatic heterocycles. The topological polar surface area (TPSA) is 84.5 Å².